The molecule has 0 bridgehead atoms. The summed E-state index contributed by atoms with van der Waals surface area (Å²) in [4.78, 5) is 10.6. The predicted octanol–water partition coefficient (Wildman–Crippen LogP) is 2.76. The number of unbranched alkanes of at least 4 members (excludes halogenated alkanes) is 3. The summed E-state index contributed by atoms with van der Waals surface area (Å²) in [6.45, 7) is 7.90. The molecule has 5 heteroatoms. The molecular weight excluding hydrogens is 288 g/mol. The Hall–Kier alpha value is -1.88. The van der Waals surface area contributed by atoms with E-state index in [1.807, 2.05) is 32.2 Å². The van der Waals surface area contributed by atoms with Crippen molar-refractivity contribution in [2.45, 2.75) is 38.7 Å². The van der Waals surface area contributed by atoms with Crippen LogP contribution >= 0.6 is 0 Å². The first-order chi connectivity index (χ1) is 11.2. The Morgan fingerprint density at radius 3 is 2.78 bits per heavy atom. The first-order valence-electron chi connectivity index (χ1n) is 8.37. The van der Waals surface area contributed by atoms with Crippen LogP contribution < -0.4 is 5.32 Å². The smallest absolute Gasteiger partial charge is 0.193 e. The number of hydrogen-bond acceptors (Lipinski definition) is 3. The lowest BCUT2D eigenvalue weighted by Gasteiger charge is -2.22. The molecule has 0 saturated heterocycles. The highest BCUT2D eigenvalue weighted by Gasteiger charge is 2.09. The fraction of sp³-hybridized carbons (Fsp3) is 0.556. The zero-order valence-corrected chi connectivity index (χ0v) is 14.4. The third-order valence-electron chi connectivity index (χ3n) is 3.60. The van der Waals surface area contributed by atoms with Crippen LogP contribution in [0.2, 0.25) is 0 Å². The molecular formula is C18H30N4O. The number of aliphatic hydroxyl groups is 1. The summed E-state index contributed by atoms with van der Waals surface area (Å²) in [6, 6.07) is 3.63. The number of pyridine rings is 1. The molecule has 5 nitrogen and oxygen atoms in total. The van der Waals surface area contributed by atoms with Gasteiger partial charge in [0, 0.05) is 32.5 Å². The Kier molecular flexibility index (Phi) is 9.71. The second kappa shape index (κ2) is 11.7. The third kappa shape index (κ3) is 7.79. The van der Waals surface area contributed by atoms with E-state index < -0.39 is 6.10 Å². The molecule has 1 heterocycles. The molecule has 1 rings (SSSR count). The summed E-state index contributed by atoms with van der Waals surface area (Å²) in [5.74, 6) is 0.837. The van der Waals surface area contributed by atoms with Gasteiger partial charge in [0.1, 0.15) is 0 Å². The van der Waals surface area contributed by atoms with Gasteiger partial charge in [-0.1, -0.05) is 12.5 Å². The van der Waals surface area contributed by atoms with Gasteiger partial charge in [0.15, 0.2) is 5.96 Å². The average Bonchev–Trinajstić information content (AvgIpc) is 2.58. The van der Waals surface area contributed by atoms with E-state index in [1.165, 1.54) is 12.8 Å². The molecule has 0 radical (unpaired) electrons. The Labute approximate surface area is 140 Å². The fourth-order valence-electron chi connectivity index (χ4n) is 2.25. The van der Waals surface area contributed by atoms with Crippen molar-refractivity contribution in [3.63, 3.8) is 0 Å². The van der Waals surface area contributed by atoms with Crippen molar-refractivity contribution in [1.82, 2.24) is 15.2 Å². The van der Waals surface area contributed by atoms with Crippen LogP contribution in [0.1, 0.15) is 44.3 Å². The standard InChI is InChI=1S/C18H30N4O/c1-4-6-7-8-9-14-22(3)18(20-5-2)21-15-17(23)16-10-12-19-13-11-16/h4,10-13,17,23H,1,5-9,14-15H2,2-3H3,(H,20,21). The second-order valence-electron chi connectivity index (χ2n) is 5.55. The van der Waals surface area contributed by atoms with Crippen molar-refractivity contribution in [3.8, 4) is 0 Å². The van der Waals surface area contributed by atoms with E-state index in [4.69, 9.17) is 0 Å². The number of nitrogens with one attached hydrogen (secondary N) is 1. The second-order valence-corrected chi connectivity index (χ2v) is 5.55. The van der Waals surface area contributed by atoms with Crippen LogP contribution in [-0.2, 0) is 0 Å². The number of nitrogens with zero attached hydrogens (tertiary/aromatic N) is 3. The molecule has 0 aliphatic rings. The van der Waals surface area contributed by atoms with E-state index in [0.717, 1.165) is 37.5 Å². The van der Waals surface area contributed by atoms with Crippen LogP contribution in [0.3, 0.4) is 0 Å². The van der Waals surface area contributed by atoms with Gasteiger partial charge in [-0.05, 0) is 43.9 Å². The number of aliphatic hydroxyl groups excluding tert-OH is 1. The van der Waals surface area contributed by atoms with Gasteiger partial charge in [-0.15, -0.1) is 6.58 Å². The van der Waals surface area contributed by atoms with Gasteiger partial charge in [0.2, 0.25) is 0 Å². The molecule has 0 fully saturated rings. The van der Waals surface area contributed by atoms with Gasteiger partial charge in [-0.2, -0.15) is 0 Å². The van der Waals surface area contributed by atoms with Gasteiger partial charge in [-0.25, -0.2) is 0 Å². The molecule has 0 aliphatic heterocycles. The van der Waals surface area contributed by atoms with Gasteiger partial charge >= 0.3 is 0 Å². The van der Waals surface area contributed by atoms with Crippen LogP contribution in [0.15, 0.2) is 42.2 Å². The Bertz CT molecular complexity index is 461. The highest BCUT2D eigenvalue weighted by atomic mass is 16.3. The van der Waals surface area contributed by atoms with E-state index in [2.05, 4.69) is 26.8 Å². The summed E-state index contributed by atoms with van der Waals surface area (Å²) in [5, 5.41) is 13.5. The van der Waals surface area contributed by atoms with Crippen molar-refractivity contribution in [1.29, 1.82) is 0 Å². The molecule has 23 heavy (non-hydrogen) atoms. The molecule has 2 N–H and O–H groups in total. The zero-order chi connectivity index (χ0) is 16.9. The molecule has 0 aromatic carbocycles. The highest BCUT2D eigenvalue weighted by molar-refractivity contribution is 5.79. The number of aromatic nitrogens is 1. The molecule has 128 valence electrons. The maximum atomic E-state index is 10.2. The zero-order valence-electron chi connectivity index (χ0n) is 14.4. The summed E-state index contributed by atoms with van der Waals surface area (Å²) < 4.78 is 0. The number of hydrogen-bond donors (Lipinski definition) is 2. The molecule has 1 aromatic heterocycles. The molecule has 1 aromatic rings. The average molecular weight is 318 g/mol. The lowest BCUT2D eigenvalue weighted by Crippen LogP contribution is -2.39. The van der Waals surface area contributed by atoms with E-state index in [9.17, 15) is 5.11 Å². The maximum Gasteiger partial charge on any atom is 0.193 e. The minimum absolute atomic E-state index is 0.340. The first kappa shape index (κ1) is 19.2. The number of guanidine groups is 1. The maximum absolute atomic E-state index is 10.2. The van der Waals surface area contributed by atoms with Crippen molar-refractivity contribution >= 4 is 5.96 Å². The molecule has 1 atom stereocenters. The van der Waals surface area contributed by atoms with Crippen molar-refractivity contribution in [3.05, 3.63) is 42.7 Å². The summed E-state index contributed by atoms with van der Waals surface area (Å²) in [6.07, 6.45) is 9.31. The quantitative estimate of drug-likeness (QED) is 0.301. The molecule has 0 amide bonds. The van der Waals surface area contributed by atoms with Gasteiger partial charge in [0.25, 0.3) is 0 Å². The van der Waals surface area contributed by atoms with Crippen molar-refractivity contribution in [2.24, 2.45) is 4.99 Å². The Morgan fingerprint density at radius 1 is 1.39 bits per heavy atom. The molecule has 1 unspecified atom stereocenters. The molecule has 0 aliphatic carbocycles. The van der Waals surface area contributed by atoms with Crippen LogP contribution in [0.25, 0.3) is 0 Å². The lowest BCUT2D eigenvalue weighted by atomic mass is 10.1. The fourth-order valence-corrected chi connectivity index (χ4v) is 2.25. The Morgan fingerprint density at radius 2 is 2.13 bits per heavy atom. The number of allylic oxidation sites excluding steroid dienone is 1. The first-order valence-corrected chi connectivity index (χ1v) is 8.37. The SMILES string of the molecule is C=CCCCCCN(C)C(=NCC(O)c1ccncc1)NCC. The van der Waals surface area contributed by atoms with Gasteiger partial charge < -0.3 is 15.3 Å². The number of aliphatic imine (C=N–C) groups is 1. The summed E-state index contributed by atoms with van der Waals surface area (Å²) in [7, 11) is 2.04. The summed E-state index contributed by atoms with van der Waals surface area (Å²) in [5.41, 5.74) is 0.840. The van der Waals surface area contributed by atoms with Gasteiger partial charge in [0.05, 0.1) is 12.6 Å². The van der Waals surface area contributed by atoms with E-state index in [-0.39, 0.29) is 0 Å². The number of rotatable bonds is 10. The van der Waals surface area contributed by atoms with E-state index in [1.54, 1.807) is 12.4 Å². The minimum Gasteiger partial charge on any atom is -0.386 e. The van der Waals surface area contributed by atoms with Gasteiger partial charge in [-0.3, -0.25) is 9.98 Å². The van der Waals surface area contributed by atoms with Crippen LogP contribution in [0.5, 0.6) is 0 Å². The van der Waals surface area contributed by atoms with Crippen molar-refractivity contribution < 1.29 is 5.11 Å². The van der Waals surface area contributed by atoms with Crippen LogP contribution in [-0.4, -0.2) is 47.6 Å². The topological polar surface area (TPSA) is 60.8 Å². The predicted molar refractivity (Wildman–Crippen MR) is 96.5 cm³/mol. The minimum atomic E-state index is -0.604. The van der Waals surface area contributed by atoms with E-state index >= 15 is 0 Å². The highest BCUT2D eigenvalue weighted by Crippen LogP contribution is 2.11. The monoisotopic (exact) mass is 318 g/mol. The Balaban J connectivity index is 2.49. The largest absolute Gasteiger partial charge is 0.386 e. The normalized spacial score (nSPS) is 12.7. The molecule has 0 spiro atoms. The van der Waals surface area contributed by atoms with Crippen LogP contribution in [0.4, 0.5) is 0 Å². The van der Waals surface area contributed by atoms with Crippen molar-refractivity contribution in [2.75, 3.05) is 26.7 Å². The van der Waals surface area contributed by atoms with E-state index in [0.29, 0.717) is 6.54 Å². The summed E-state index contributed by atoms with van der Waals surface area (Å²) >= 11 is 0. The lowest BCUT2D eigenvalue weighted by molar-refractivity contribution is 0.186. The van der Waals surface area contributed by atoms with Crippen LogP contribution in [0, 0.1) is 0 Å². The molecule has 0 saturated carbocycles. The third-order valence-corrected chi connectivity index (χ3v) is 3.60.